The molecule has 0 aliphatic heterocycles. The van der Waals surface area contributed by atoms with Crippen molar-refractivity contribution in [3.63, 3.8) is 0 Å². The molecule has 1 aromatic rings. The van der Waals surface area contributed by atoms with Crippen LogP contribution in [0.1, 0.15) is 69.8 Å². The lowest BCUT2D eigenvalue weighted by molar-refractivity contribution is -0.121. The molecule has 0 bridgehead atoms. The lowest BCUT2D eigenvalue weighted by Gasteiger charge is -2.05. The highest BCUT2D eigenvalue weighted by Crippen LogP contribution is 2.10. The summed E-state index contributed by atoms with van der Waals surface area (Å²) in [7, 11) is 0. The Balaban J connectivity index is 1.83. The predicted molar refractivity (Wildman–Crippen MR) is 103 cm³/mol. The first-order valence-electron chi connectivity index (χ1n) is 9.64. The second-order valence-electron chi connectivity index (χ2n) is 6.47. The Hall–Kier alpha value is -2.00. The van der Waals surface area contributed by atoms with Crippen molar-refractivity contribution >= 4 is 5.91 Å². The van der Waals surface area contributed by atoms with E-state index in [9.17, 15) is 4.79 Å². The predicted octanol–water partition coefficient (Wildman–Crippen LogP) is 5.56. The van der Waals surface area contributed by atoms with Crippen LogP contribution < -0.4 is 5.32 Å². The van der Waals surface area contributed by atoms with Gasteiger partial charge in [-0.15, -0.1) is 0 Å². The molecule has 5 heteroatoms. The third-order valence-corrected chi connectivity index (χ3v) is 4.30. The topological polar surface area (TPSA) is 77.9 Å². The molecule has 0 fully saturated rings. The van der Waals surface area contributed by atoms with Gasteiger partial charge in [-0.1, -0.05) is 80.4 Å². The maximum absolute atomic E-state index is 11.8. The molecule has 1 amide bonds. The third-order valence-electron chi connectivity index (χ3n) is 4.30. The summed E-state index contributed by atoms with van der Waals surface area (Å²) in [6, 6.07) is 10.2. The molecule has 0 aromatic heterocycles. The van der Waals surface area contributed by atoms with Crippen molar-refractivity contribution < 1.29 is 4.79 Å². The number of azide groups is 1. The Labute approximate surface area is 151 Å². The van der Waals surface area contributed by atoms with Crippen LogP contribution in [-0.4, -0.2) is 19.0 Å². The van der Waals surface area contributed by atoms with Gasteiger partial charge in [0.25, 0.3) is 0 Å². The number of nitrogens with one attached hydrogen (secondary N) is 1. The molecular weight excluding hydrogens is 312 g/mol. The average molecular weight is 345 g/mol. The first-order valence-corrected chi connectivity index (χ1v) is 9.64. The van der Waals surface area contributed by atoms with Gasteiger partial charge in [0, 0.05) is 24.4 Å². The van der Waals surface area contributed by atoms with Crippen molar-refractivity contribution in [1.29, 1.82) is 0 Å². The van der Waals surface area contributed by atoms with Crippen LogP contribution in [0.5, 0.6) is 0 Å². The molecule has 0 radical (unpaired) electrons. The van der Waals surface area contributed by atoms with Gasteiger partial charge in [0.15, 0.2) is 0 Å². The van der Waals surface area contributed by atoms with E-state index in [0.717, 1.165) is 38.6 Å². The average Bonchev–Trinajstić information content (AvgIpc) is 2.63. The fourth-order valence-corrected chi connectivity index (χ4v) is 2.83. The molecule has 0 atom stereocenters. The molecule has 0 aliphatic rings. The van der Waals surface area contributed by atoms with Gasteiger partial charge in [0.2, 0.25) is 5.91 Å². The summed E-state index contributed by atoms with van der Waals surface area (Å²) in [6.45, 7) is 1.35. The monoisotopic (exact) mass is 344 g/mol. The zero-order chi connectivity index (χ0) is 18.0. The number of nitrogens with zero attached hydrogens (tertiary/aromatic N) is 3. The molecule has 5 nitrogen and oxygen atoms in total. The van der Waals surface area contributed by atoms with Crippen LogP contribution in [0, 0.1) is 0 Å². The van der Waals surface area contributed by atoms with Gasteiger partial charge in [-0.05, 0) is 30.4 Å². The van der Waals surface area contributed by atoms with Gasteiger partial charge < -0.3 is 5.32 Å². The Morgan fingerprint density at radius 3 is 2.16 bits per heavy atom. The molecular formula is C20H32N4O. The molecule has 25 heavy (non-hydrogen) atoms. The van der Waals surface area contributed by atoms with Gasteiger partial charge >= 0.3 is 0 Å². The molecule has 1 rings (SSSR count). The van der Waals surface area contributed by atoms with Crippen LogP contribution in [0.3, 0.4) is 0 Å². The van der Waals surface area contributed by atoms with Crippen molar-refractivity contribution in [3.05, 3.63) is 46.3 Å². The lowest BCUT2D eigenvalue weighted by atomic mass is 10.1. The van der Waals surface area contributed by atoms with Crippen molar-refractivity contribution in [3.8, 4) is 0 Å². The molecule has 1 aromatic carbocycles. The van der Waals surface area contributed by atoms with E-state index >= 15 is 0 Å². The number of rotatable bonds is 15. The second kappa shape index (κ2) is 15.5. The van der Waals surface area contributed by atoms with Crippen LogP contribution in [0.25, 0.3) is 10.4 Å². The SMILES string of the molecule is [N-]=[N+]=NCCCCCCCCCCCC(=O)NCCc1ccccc1. The first-order chi connectivity index (χ1) is 12.3. The first kappa shape index (κ1) is 21.0. The normalized spacial score (nSPS) is 10.2. The summed E-state index contributed by atoms with van der Waals surface area (Å²) in [5.74, 6) is 0.177. The lowest BCUT2D eigenvalue weighted by Crippen LogP contribution is -2.25. The van der Waals surface area contributed by atoms with Crippen LogP contribution in [0.15, 0.2) is 35.4 Å². The Kier molecular flexibility index (Phi) is 13.1. The zero-order valence-electron chi connectivity index (χ0n) is 15.3. The Morgan fingerprint density at radius 2 is 1.52 bits per heavy atom. The highest BCUT2D eigenvalue weighted by molar-refractivity contribution is 5.75. The van der Waals surface area contributed by atoms with E-state index < -0.39 is 0 Å². The number of unbranched alkanes of at least 4 members (excludes halogenated alkanes) is 8. The van der Waals surface area contributed by atoms with E-state index in [4.69, 9.17) is 5.53 Å². The third kappa shape index (κ3) is 13.0. The number of hydrogen-bond acceptors (Lipinski definition) is 2. The van der Waals surface area contributed by atoms with E-state index in [0.29, 0.717) is 13.0 Å². The molecule has 0 spiro atoms. The van der Waals surface area contributed by atoms with Crippen LogP contribution >= 0.6 is 0 Å². The van der Waals surface area contributed by atoms with Gasteiger partial charge in [0.05, 0.1) is 0 Å². The molecule has 0 heterocycles. The summed E-state index contributed by atoms with van der Waals surface area (Å²) in [6.07, 6.45) is 12.1. The smallest absolute Gasteiger partial charge is 0.220 e. The summed E-state index contributed by atoms with van der Waals surface area (Å²) >= 11 is 0. The zero-order valence-corrected chi connectivity index (χ0v) is 15.3. The van der Waals surface area contributed by atoms with E-state index in [2.05, 4.69) is 27.5 Å². The number of carbonyl (C=O) groups is 1. The summed E-state index contributed by atoms with van der Waals surface area (Å²) in [5, 5.41) is 6.54. The fourth-order valence-electron chi connectivity index (χ4n) is 2.83. The molecule has 138 valence electrons. The van der Waals surface area contributed by atoms with E-state index in [-0.39, 0.29) is 5.91 Å². The molecule has 0 saturated carbocycles. The quantitative estimate of drug-likeness (QED) is 0.192. The Bertz CT molecular complexity index is 498. The van der Waals surface area contributed by atoms with Gasteiger partial charge in [-0.2, -0.15) is 0 Å². The van der Waals surface area contributed by atoms with Gasteiger partial charge in [-0.25, -0.2) is 0 Å². The summed E-state index contributed by atoms with van der Waals surface area (Å²) < 4.78 is 0. The molecule has 0 aliphatic carbocycles. The minimum Gasteiger partial charge on any atom is -0.356 e. The standard InChI is InChI=1S/C20H32N4O/c21-24-23-17-12-7-5-3-1-2-4-6-11-15-20(25)22-18-16-19-13-9-8-10-14-19/h8-10,13-14H,1-7,11-12,15-18H2,(H,22,25). The fraction of sp³-hybridized carbons (Fsp3) is 0.650. The molecule has 0 unspecified atom stereocenters. The minimum absolute atomic E-state index is 0.177. The molecule has 0 saturated heterocycles. The highest BCUT2D eigenvalue weighted by atomic mass is 16.1. The summed E-state index contributed by atoms with van der Waals surface area (Å²) in [5.41, 5.74) is 9.43. The maximum Gasteiger partial charge on any atom is 0.220 e. The van der Waals surface area contributed by atoms with Crippen molar-refractivity contribution in [2.24, 2.45) is 5.11 Å². The van der Waals surface area contributed by atoms with Crippen molar-refractivity contribution in [2.45, 2.75) is 70.6 Å². The van der Waals surface area contributed by atoms with Crippen LogP contribution in [-0.2, 0) is 11.2 Å². The number of hydrogen-bond donors (Lipinski definition) is 1. The van der Waals surface area contributed by atoms with Crippen molar-refractivity contribution in [2.75, 3.05) is 13.1 Å². The molecule has 1 N–H and O–H groups in total. The number of benzene rings is 1. The highest BCUT2D eigenvalue weighted by Gasteiger charge is 2.01. The van der Waals surface area contributed by atoms with Crippen molar-refractivity contribution in [1.82, 2.24) is 5.32 Å². The summed E-state index contributed by atoms with van der Waals surface area (Å²) in [4.78, 5) is 14.5. The van der Waals surface area contributed by atoms with Gasteiger partial charge in [-0.3, -0.25) is 4.79 Å². The number of amides is 1. The van der Waals surface area contributed by atoms with E-state index in [1.807, 2.05) is 18.2 Å². The minimum atomic E-state index is 0.177. The maximum atomic E-state index is 11.8. The Morgan fingerprint density at radius 1 is 0.920 bits per heavy atom. The van der Waals surface area contributed by atoms with Crippen LogP contribution in [0.4, 0.5) is 0 Å². The number of carbonyl (C=O) groups excluding carboxylic acids is 1. The second-order valence-corrected chi connectivity index (χ2v) is 6.47. The van der Waals surface area contributed by atoms with E-state index in [1.54, 1.807) is 0 Å². The largest absolute Gasteiger partial charge is 0.356 e. The van der Waals surface area contributed by atoms with E-state index in [1.165, 1.54) is 37.7 Å². The van der Waals surface area contributed by atoms with Crippen LogP contribution in [0.2, 0.25) is 0 Å². The van der Waals surface area contributed by atoms with Gasteiger partial charge in [0.1, 0.15) is 0 Å².